The van der Waals surface area contributed by atoms with Gasteiger partial charge in [0.1, 0.15) is 17.8 Å². The smallest absolute Gasteiger partial charge is 0.261 e. The van der Waals surface area contributed by atoms with Crippen molar-refractivity contribution in [2.75, 3.05) is 36.0 Å². The van der Waals surface area contributed by atoms with Crippen molar-refractivity contribution < 1.29 is 10.1 Å². The number of nitriles is 1. The molecular formula is C25H29N8O+. The Morgan fingerprint density at radius 1 is 1.15 bits per heavy atom. The lowest BCUT2D eigenvalue weighted by Gasteiger charge is -2.43. The Morgan fingerprint density at radius 3 is 2.62 bits per heavy atom. The van der Waals surface area contributed by atoms with Crippen molar-refractivity contribution in [1.29, 1.82) is 10.7 Å². The van der Waals surface area contributed by atoms with Crippen molar-refractivity contribution in [3.63, 3.8) is 0 Å². The summed E-state index contributed by atoms with van der Waals surface area (Å²) < 4.78 is 0. The molecular weight excluding hydrogens is 428 g/mol. The number of amides is 1. The highest BCUT2D eigenvalue weighted by atomic mass is 16.2. The number of rotatable bonds is 6. The maximum absolute atomic E-state index is 13.5. The Balaban J connectivity index is 1.40. The molecule has 34 heavy (non-hydrogen) atoms. The van der Waals surface area contributed by atoms with E-state index >= 15 is 0 Å². The first-order valence-corrected chi connectivity index (χ1v) is 11.9. The molecule has 2 unspecified atom stereocenters. The van der Waals surface area contributed by atoms with Crippen LogP contribution in [0.4, 0.5) is 17.3 Å². The second-order valence-corrected chi connectivity index (χ2v) is 8.99. The number of carbonyl (C=O) groups is 1. The number of quaternary nitrogens is 1. The molecule has 1 amide bonds. The van der Waals surface area contributed by atoms with Crippen LogP contribution in [-0.4, -0.2) is 65.3 Å². The third kappa shape index (κ3) is 4.01. The van der Waals surface area contributed by atoms with E-state index in [4.69, 9.17) is 10.4 Å². The second kappa shape index (κ2) is 9.61. The Morgan fingerprint density at radius 2 is 1.91 bits per heavy atom. The molecule has 5 heterocycles. The van der Waals surface area contributed by atoms with Crippen molar-refractivity contribution in [2.45, 2.75) is 37.8 Å². The first-order valence-electron chi connectivity index (χ1n) is 11.9. The topological polar surface area (TPSA) is 117 Å². The van der Waals surface area contributed by atoms with Crippen LogP contribution in [0.2, 0.25) is 0 Å². The number of fused-ring (bicyclic) bond motifs is 2. The summed E-state index contributed by atoms with van der Waals surface area (Å²) in [6, 6.07) is 8.14. The highest BCUT2D eigenvalue weighted by Crippen LogP contribution is 2.41. The number of allylic oxidation sites excluding steroid dienone is 1. The highest BCUT2D eigenvalue weighted by molar-refractivity contribution is 5.97. The monoisotopic (exact) mass is 457 g/mol. The number of nitrogens with two attached hydrogens (primary N) is 1. The lowest BCUT2D eigenvalue weighted by molar-refractivity contribution is -0.500. The molecule has 9 nitrogen and oxygen atoms in total. The van der Waals surface area contributed by atoms with Crippen LogP contribution in [0.15, 0.2) is 42.9 Å². The van der Waals surface area contributed by atoms with Gasteiger partial charge in [-0.05, 0) is 43.9 Å². The fourth-order valence-corrected chi connectivity index (χ4v) is 5.49. The molecule has 3 saturated heterocycles. The van der Waals surface area contributed by atoms with Crippen LogP contribution in [0.25, 0.3) is 0 Å². The van der Waals surface area contributed by atoms with Crippen LogP contribution < -0.4 is 15.1 Å². The molecule has 9 heteroatoms. The van der Waals surface area contributed by atoms with Gasteiger partial charge in [-0.2, -0.15) is 5.26 Å². The summed E-state index contributed by atoms with van der Waals surface area (Å²) in [4.78, 5) is 29.3. The van der Waals surface area contributed by atoms with E-state index in [9.17, 15) is 10.1 Å². The lowest BCUT2D eigenvalue weighted by atomic mass is 10.1. The van der Waals surface area contributed by atoms with E-state index in [1.807, 2.05) is 17.0 Å². The van der Waals surface area contributed by atoms with E-state index < -0.39 is 0 Å². The zero-order valence-corrected chi connectivity index (χ0v) is 19.1. The third-order valence-corrected chi connectivity index (χ3v) is 6.99. The van der Waals surface area contributed by atoms with Gasteiger partial charge in [0.25, 0.3) is 5.91 Å². The molecule has 0 spiro atoms. The van der Waals surface area contributed by atoms with E-state index in [2.05, 4.69) is 20.9 Å². The van der Waals surface area contributed by atoms with Gasteiger partial charge in [-0.1, -0.05) is 0 Å². The van der Waals surface area contributed by atoms with Gasteiger partial charge < -0.3 is 20.1 Å². The number of piperazine rings is 1. The Hall–Kier alpha value is -3.77. The van der Waals surface area contributed by atoms with Crippen LogP contribution >= 0.6 is 0 Å². The molecule has 2 aromatic heterocycles. The summed E-state index contributed by atoms with van der Waals surface area (Å²) in [6.07, 6.45) is 12.2. The van der Waals surface area contributed by atoms with E-state index in [-0.39, 0.29) is 18.0 Å². The molecule has 3 aliphatic rings. The first-order chi connectivity index (χ1) is 16.7. The van der Waals surface area contributed by atoms with Gasteiger partial charge in [0.05, 0.1) is 11.3 Å². The third-order valence-electron chi connectivity index (χ3n) is 6.99. The van der Waals surface area contributed by atoms with Crippen LogP contribution in [-0.2, 0) is 0 Å². The minimum absolute atomic E-state index is 0.0161. The minimum atomic E-state index is -0.0161. The molecule has 3 N–H and O–H groups in total. The van der Waals surface area contributed by atoms with Crippen molar-refractivity contribution in [3.05, 3.63) is 54.0 Å². The van der Waals surface area contributed by atoms with Crippen LogP contribution in [0.5, 0.6) is 0 Å². The number of pyridine rings is 2. The van der Waals surface area contributed by atoms with Gasteiger partial charge >= 0.3 is 0 Å². The molecule has 0 aromatic carbocycles. The number of hydrogen-bond acceptors (Lipinski definition) is 7. The predicted octanol–water partition coefficient (Wildman–Crippen LogP) is 1.80. The van der Waals surface area contributed by atoms with Crippen LogP contribution in [0, 0.1) is 16.7 Å². The maximum atomic E-state index is 13.5. The first kappa shape index (κ1) is 22.0. The highest BCUT2D eigenvalue weighted by Gasteiger charge is 2.44. The zero-order chi connectivity index (χ0) is 23.5. The summed E-state index contributed by atoms with van der Waals surface area (Å²) >= 11 is 0. The van der Waals surface area contributed by atoms with Crippen molar-refractivity contribution >= 4 is 29.4 Å². The maximum Gasteiger partial charge on any atom is 0.261 e. The normalized spacial score (nSPS) is 21.8. The molecule has 2 aromatic rings. The fraction of sp³-hybridized carbons (Fsp3) is 0.400. The van der Waals surface area contributed by atoms with Gasteiger partial charge in [-0.25, -0.2) is 9.97 Å². The molecule has 3 fully saturated rings. The average molecular weight is 458 g/mol. The number of hydrogen-bond donors (Lipinski definition) is 2. The van der Waals surface area contributed by atoms with E-state index in [0.29, 0.717) is 30.0 Å². The van der Waals surface area contributed by atoms with Crippen molar-refractivity contribution in [2.24, 2.45) is 0 Å². The van der Waals surface area contributed by atoms with Crippen LogP contribution in [0.1, 0.15) is 41.6 Å². The molecule has 5 rings (SSSR count). The van der Waals surface area contributed by atoms with E-state index in [0.717, 1.165) is 50.3 Å². The number of carbonyl (C=O) groups excluding carboxylic acids is 1. The van der Waals surface area contributed by atoms with Crippen molar-refractivity contribution in [1.82, 2.24) is 14.9 Å². The molecule has 3 aliphatic heterocycles. The summed E-state index contributed by atoms with van der Waals surface area (Å²) in [6.45, 7) is 3.15. The Bertz CT molecular complexity index is 1140. The van der Waals surface area contributed by atoms with Gasteiger partial charge in [0, 0.05) is 62.9 Å². The molecule has 0 aliphatic carbocycles. The lowest BCUT2D eigenvalue weighted by Crippen LogP contribution is -2.72. The number of aromatic nitrogens is 2. The largest absolute Gasteiger partial charge is 0.367 e. The fourth-order valence-electron chi connectivity index (χ4n) is 5.49. The SMILES string of the molecule is N#Cc1ccnc(N2C3CCC2CN(C(=O)c2cccnc2[NH2+]/C=C\C=N)C3)c1N1CCCC1. The number of anilines is 2. The average Bonchev–Trinajstić information content (AvgIpc) is 3.49. The molecule has 174 valence electrons. The van der Waals surface area contributed by atoms with Crippen molar-refractivity contribution in [3.8, 4) is 6.07 Å². The minimum Gasteiger partial charge on any atom is -0.367 e. The van der Waals surface area contributed by atoms with Gasteiger partial charge in [-0.15, -0.1) is 0 Å². The second-order valence-electron chi connectivity index (χ2n) is 8.99. The number of likely N-dealkylation sites (tertiary alicyclic amines) is 1. The number of nitrogens with one attached hydrogen (secondary N) is 1. The summed E-state index contributed by atoms with van der Waals surface area (Å²) in [5.41, 5.74) is 2.21. The molecule has 0 radical (unpaired) electrons. The molecule has 2 bridgehead atoms. The predicted molar refractivity (Wildman–Crippen MR) is 129 cm³/mol. The van der Waals surface area contributed by atoms with Crippen LogP contribution in [0.3, 0.4) is 0 Å². The summed E-state index contributed by atoms with van der Waals surface area (Å²) in [5.74, 6) is 1.49. The number of nitrogens with zero attached hydrogens (tertiary/aromatic N) is 6. The van der Waals surface area contributed by atoms with Gasteiger partial charge in [0.15, 0.2) is 5.82 Å². The van der Waals surface area contributed by atoms with Gasteiger partial charge in [0.2, 0.25) is 5.82 Å². The molecule has 2 atom stereocenters. The standard InChI is InChI=1S/C25H28N8O/c26-9-4-11-29-23-21(5-3-10-28-23)25(34)32-16-19-6-7-20(17-32)33(19)24-22(31-13-1-2-14-31)18(15-27)8-12-30-24/h3-5,8-12,19-20,26H,1-2,6-7,13-14,16-17H2,(H,28,29)/p+1/b11-4-,26-9?. The zero-order valence-electron chi connectivity index (χ0n) is 19.1. The van der Waals surface area contributed by atoms with Gasteiger partial charge in [-0.3, -0.25) is 10.1 Å². The Labute approximate surface area is 199 Å². The van der Waals surface area contributed by atoms with E-state index in [1.165, 1.54) is 6.21 Å². The van der Waals surface area contributed by atoms with E-state index in [1.54, 1.807) is 36.1 Å². The quantitative estimate of drug-likeness (QED) is 0.639. The molecule has 0 saturated carbocycles. The summed E-state index contributed by atoms with van der Waals surface area (Å²) in [5, 5.41) is 18.7. The Kier molecular flexibility index (Phi) is 6.23. The summed E-state index contributed by atoms with van der Waals surface area (Å²) in [7, 11) is 0.